The second-order valence-electron chi connectivity index (χ2n) is 5.58. The van der Waals surface area contributed by atoms with E-state index in [-0.39, 0.29) is 18.0 Å². The molecule has 0 amide bonds. The first kappa shape index (κ1) is 16.5. The fourth-order valence-electron chi connectivity index (χ4n) is 2.55. The molecule has 1 aliphatic heterocycles. The molecule has 2 aromatic carbocycles. The third-order valence-corrected chi connectivity index (χ3v) is 3.94. The predicted molar refractivity (Wildman–Crippen MR) is 93.6 cm³/mol. The van der Waals surface area contributed by atoms with E-state index in [1.165, 1.54) is 12.1 Å². The monoisotopic (exact) mass is 339 g/mol. The number of rotatable bonds is 6. The topological polar surface area (TPSA) is 75.9 Å². The highest BCUT2D eigenvalue weighted by Gasteiger charge is 2.18. The standard InChI is InChI=1S/C18H17N3O4/c1-25-17-8-2-14(3-9-17)18(22)12-19-10-11-20(13-19)15-4-6-16(7-5-15)21(23)24/h2-11H,12-13H2,1H3. The van der Waals surface area contributed by atoms with E-state index in [0.29, 0.717) is 18.0 Å². The summed E-state index contributed by atoms with van der Waals surface area (Å²) in [4.78, 5) is 26.4. The van der Waals surface area contributed by atoms with Crippen molar-refractivity contribution in [2.24, 2.45) is 0 Å². The van der Waals surface area contributed by atoms with Crippen LogP contribution in [-0.2, 0) is 0 Å². The predicted octanol–water partition coefficient (Wildman–Crippen LogP) is 3.04. The zero-order valence-electron chi connectivity index (χ0n) is 13.7. The fraction of sp³-hybridized carbons (Fsp3) is 0.167. The van der Waals surface area contributed by atoms with Gasteiger partial charge in [-0.15, -0.1) is 0 Å². The molecule has 0 spiro atoms. The quantitative estimate of drug-likeness (QED) is 0.457. The summed E-state index contributed by atoms with van der Waals surface area (Å²) in [6.45, 7) is 0.770. The Bertz CT molecular complexity index is 800. The van der Waals surface area contributed by atoms with E-state index in [1.807, 2.05) is 22.2 Å². The molecular weight excluding hydrogens is 322 g/mol. The third-order valence-electron chi connectivity index (χ3n) is 3.94. The molecule has 0 radical (unpaired) electrons. The molecule has 0 atom stereocenters. The first-order chi connectivity index (χ1) is 12.1. The van der Waals surface area contributed by atoms with Gasteiger partial charge in [0.2, 0.25) is 0 Å². The summed E-state index contributed by atoms with van der Waals surface area (Å²) >= 11 is 0. The van der Waals surface area contributed by atoms with E-state index in [9.17, 15) is 14.9 Å². The first-order valence-electron chi connectivity index (χ1n) is 7.67. The van der Waals surface area contributed by atoms with Crippen LogP contribution in [0, 0.1) is 10.1 Å². The van der Waals surface area contributed by atoms with Crippen molar-refractivity contribution < 1.29 is 14.5 Å². The van der Waals surface area contributed by atoms with Gasteiger partial charge in [-0.25, -0.2) is 0 Å². The number of nitro benzene ring substituents is 1. The van der Waals surface area contributed by atoms with Gasteiger partial charge in [-0.2, -0.15) is 0 Å². The zero-order valence-corrected chi connectivity index (χ0v) is 13.7. The van der Waals surface area contributed by atoms with Gasteiger partial charge >= 0.3 is 0 Å². The maximum atomic E-state index is 12.4. The minimum atomic E-state index is -0.427. The molecule has 25 heavy (non-hydrogen) atoms. The lowest BCUT2D eigenvalue weighted by atomic mass is 10.1. The van der Waals surface area contributed by atoms with E-state index in [4.69, 9.17) is 4.74 Å². The number of carbonyl (C=O) groups excluding carboxylic acids is 1. The molecule has 1 aliphatic rings. The number of nitrogens with zero attached hydrogens (tertiary/aromatic N) is 3. The van der Waals surface area contributed by atoms with Crippen LogP contribution >= 0.6 is 0 Å². The van der Waals surface area contributed by atoms with E-state index in [2.05, 4.69) is 0 Å². The number of hydrogen-bond donors (Lipinski definition) is 0. The average Bonchev–Trinajstić information content (AvgIpc) is 3.10. The van der Waals surface area contributed by atoms with Gasteiger partial charge in [0.25, 0.3) is 5.69 Å². The summed E-state index contributed by atoms with van der Waals surface area (Å²) in [5, 5.41) is 10.7. The molecule has 1 heterocycles. The van der Waals surface area contributed by atoms with Crippen LogP contribution < -0.4 is 9.64 Å². The van der Waals surface area contributed by atoms with E-state index in [1.54, 1.807) is 43.5 Å². The number of nitro groups is 1. The molecular formula is C18H17N3O4. The molecule has 0 saturated carbocycles. The Kier molecular flexibility index (Phi) is 4.65. The minimum Gasteiger partial charge on any atom is -0.497 e. The van der Waals surface area contributed by atoms with Crippen molar-refractivity contribution in [2.75, 3.05) is 25.2 Å². The first-order valence-corrected chi connectivity index (χ1v) is 7.67. The summed E-state index contributed by atoms with van der Waals surface area (Å²) in [6.07, 6.45) is 3.69. The minimum absolute atomic E-state index is 0.0119. The van der Waals surface area contributed by atoms with Crippen molar-refractivity contribution in [3.05, 3.63) is 76.6 Å². The van der Waals surface area contributed by atoms with Crippen LogP contribution in [0.25, 0.3) is 0 Å². The van der Waals surface area contributed by atoms with Crippen LogP contribution in [0.15, 0.2) is 60.9 Å². The summed E-state index contributed by atoms with van der Waals surface area (Å²) in [6, 6.07) is 13.3. The summed E-state index contributed by atoms with van der Waals surface area (Å²) in [5.74, 6) is 0.722. The van der Waals surface area contributed by atoms with Gasteiger partial charge in [0.15, 0.2) is 5.78 Å². The van der Waals surface area contributed by atoms with Gasteiger partial charge in [-0.3, -0.25) is 14.9 Å². The Balaban J connectivity index is 1.60. The Morgan fingerprint density at radius 2 is 1.80 bits per heavy atom. The van der Waals surface area contributed by atoms with Crippen molar-refractivity contribution >= 4 is 17.2 Å². The molecule has 0 aliphatic carbocycles. The SMILES string of the molecule is COc1ccc(C(=O)CN2C=CN(c3ccc([N+](=O)[O-])cc3)C2)cc1. The van der Waals surface area contributed by atoms with Crippen LogP contribution in [-0.4, -0.2) is 35.9 Å². The Labute approximate surface area is 144 Å². The van der Waals surface area contributed by atoms with Crippen LogP contribution in [0.2, 0.25) is 0 Å². The van der Waals surface area contributed by atoms with Crippen LogP contribution in [0.1, 0.15) is 10.4 Å². The molecule has 3 rings (SSSR count). The highest BCUT2D eigenvalue weighted by Crippen LogP contribution is 2.22. The van der Waals surface area contributed by atoms with Gasteiger partial charge in [0, 0.05) is 35.8 Å². The van der Waals surface area contributed by atoms with Crippen molar-refractivity contribution in [2.45, 2.75) is 0 Å². The number of Topliss-reactive ketones (excluding diaryl/α,β-unsaturated/α-hetero) is 1. The molecule has 7 nitrogen and oxygen atoms in total. The maximum absolute atomic E-state index is 12.4. The summed E-state index contributed by atoms with van der Waals surface area (Å²) in [7, 11) is 1.58. The van der Waals surface area contributed by atoms with Crippen LogP contribution in [0.3, 0.4) is 0 Å². The highest BCUT2D eigenvalue weighted by molar-refractivity contribution is 5.97. The number of hydrogen-bond acceptors (Lipinski definition) is 6. The molecule has 128 valence electrons. The van der Waals surface area contributed by atoms with Crippen LogP contribution in [0.4, 0.5) is 11.4 Å². The number of methoxy groups -OCH3 is 1. The number of benzene rings is 2. The fourth-order valence-corrected chi connectivity index (χ4v) is 2.55. The van der Waals surface area contributed by atoms with Crippen molar-refractivity contribution in [3.63, 3.8) is 0 Å². The van der Waals surface area contributed by atoms with E-state index >= 15 is 0 Å². The van der Waals surface area contributed by atoms with Crippen molar-refractivity contribution in [1.29, 1.82) is 0 Å². The molecule has 0 aromatic heterocycles. The van der Waals surface area contributed by atoms with Crippen molar-refractivity contribution in [3.8, 4) is 5.75 Å². The second kappa shape index (κ2) is 7.04. The van der Waals surface area contributed by atoms with Gasteiger partial charge in [-0.1, -0.05) is 0 Å². The van der Waals surface area contributed by atoms with Gasteiger partial charge in [-0.05, 0) is 36.4 Å². The molecule has 0 saturated heterocycles. The van der Waals surface area contributed by atoms with Gasteiger partial charge in [0.1, 0.15) is 5.75 Å². The number of carbonyl (C=O) groups is 1. The number of ether oxygens (including phenoxy) is 1. The molecule has 0 N–H and O–H groups in total. The number of ketones is 1. The molecule has 0 bridgehead atoms. The highest BCUT2D eigenvalue weighted by atomic mass is 16.6. The largest absolute Gasteiger partial charge is 0.497 e. The maximum Gasteiger partial charge on any atom is 0.269 e. The lowest BCUT2D eigenvalue weighted by Gasteiger charge is -2.20. The molecule has 2 aromatic rings. The second-order valence-corrected chi connectivity index (χ2v) is 5.58. The summed E-state index contributed by atoms with van der Waals surface area (Å²) in [5.41, 5.74) is 1.52. The number of anilines is 1. The Morgan fingerprint density at radius 1 is 1.12 bits per heavy atom. The smallest absolute Gasteiger partial charge is 0.269 e. The lowest BCUT2D eigenvalue weighted by Crippen LogP contribution is -2.29. The molecule has 0 unspecified atom stereocenters. The van der Waals surface area contributed by atoms with Crippen LogP contribution in [0.5, 0.6) is 5.75 Å². The Morgan fingerprint density at radius 3 is 2.40 bits per heavy atom. The third kappa shape index (κ3) is 3.77. The lowest BCUT2D eigenvalue weighted by molar-refractivity contribution is -0.384. The van der Waals surface area contributed by atoms with E-state index < -0.39 is 4.92 Å². The Hall–Kier alpha value is -3.35. The molecule has 0 fully saturated rings. The normalized spacial score (nSPS) is 13.2. The zero-order chi connectivity index (χ0) is 17.8. The summed E-state index contributed by atoms with van der Waals surface area (Å²) < 4.78 is 5.09. The van der Waals surface area contributed by atoms with Gasteiger partial charge in [0.05, 0.1) is 25.2 Å². The molecule has 7 heteroatoms. The van der Waals surface area contributed by atoms with E-state index in [0.717, 1.165) is 5.69 Å². The van der Waals surface area contributed by atoms with Crippen molar-refractivity contribution in [1.82, 2.24) is 4.90 Å². The van der Waals surface area contributed by atoms with Gasteiger partial charge < -0.3 is 14.5 Å². The average molecular weight is 339 g/mol. The number of non-ortho nitro benzene ring substituents is 1.